The predicted molar refractivity (Wildman–Crippen MR) is 268 cm³/mol. The van der Waals surface area contributed by atoms with E-state index in [9.17, 15) is 0 Å². The SMILES string of the molecule is CCCCCCCCCCOc1cc2c(cc1OCCCCCCCCCC)-c1cc(OCCCCCCCCCC)c(OCCCCCCCCCC)cc1C(=S)C2=S. The van der Waals surface area contributed by atoms with Crippen molar-refractivity contribution in [3.8, 4) is 34.1 Å². The molecule has 0 unspecified atom stereocenters. The second kappa shape index (κ2) is 34.3. The van der Waals surface area contributed by atoms with Crippen LogP contribution in [-0.2, 0) is 0 Å². The summed E-state index contributed by atoms with van der Waals surface area (Å²) in [5.41, 5.74) is 3.99. The van der Waals surface area contributed by atoms with Crippen molar-refractivity contribution in [3.63, 3.8) is 0 Å². The summed E-state index contributed by atoms with van der Waals surface area (Å²) in [7, 11) is 0. The van der Waals surface area contributed by atoms with Gasteiger partial charge in [0.25, 0.3) is 0 Å². The van der Waals surface area contributed by atoms with Gasteiger partial charge in [-0.05, 0) is 61.1 Å². The van der Waals surface area contributed by atoms with Crippen LogP contribution in [0.2, 0.25) is 0 Å². The van der Waals surface area contributed by atoms with Gasteiger partial charge in [0.2, 0.25) is 0 Å². The fourth-order valence-electron chi connectivity index (χ4n) is 8.31. The van der Waals surface area contributed by atoms with Gasteiger partial charge in [-0.2, -0.15) is 0 Å². The highest BCUT2D eigenvalue weighted by Gasteiger charge is 2.29. The molecule has 0 atom stereocenters. The van der Waals surface area contributed by atoms with Crippen molar-refractivity contribution >= 4 is 34.2 Å². The highest BCUT2D eigenvalue weighted by atomic mass is 32.1. The van der Waals surface area contributed by atoms with Gasteiger partial charge in [-0.15, -0.1) is 0 Å². The minimum atomic E-state index is 0.673. The fourth-order valence-corrected chi connectivity index (χ4v) is 8.87. The van der Waals surface area contributed by atoms with E-state index >= 15 is 0 Å². The van der Waals surface area contributed by atoms with Gasteiger partial charge in [-0.1, -0.05) is 232 Å². The average molecular weight is 865 g/mol. The molecule has 0 heterocycles. The molecule has 0 N–H and O–H groups in total. The summed E-state index contributed by atoms with van der Waals surface area (Å²) in [4.78, 5) is 1.39. The first-order chi connectivity index (χ1) is 29.5. The molecular formula is C54H88O4S2. The number of ether oxygens (including phenoxy) is 4. The largest absolute Gasteiger partial charge is 0.490 e. The molecule has 2 aromatic carbocycles. The molecule has 60 heavy (non-hydrogen) atoms. The molecular weight excluding hydrogens is 777 g/mol. The summed E-state index contributed by atoms with van der Waals surface area (Å²) in [5, 5.41) is 0. The van der Waals surface area contributed by atoms with Crippen molar-refractivity contribution in [2.75, 3.05) is 26.4 Å². The monoisotopic (exact) mass is 865 g/mol. The maximum Gasteiger partial charge on any atom is 0.161 e. The zero-order valence-electron chi connectivity index (χ0n) is 39.2. The summed E-state index contributed by atoms with van der Waals surface area (Å²) in [6.07, 6.45) is 40.6. The zero-order chi connectivity index (χ0) is 42.9. The number of rotatable bonds is 40. The molecule has 1 aliphatic carbocycles. The Kier molecular flexibility index (Phi) is 29.8. The Morgan fingerprint density at radius 3 is 0.667 bits per heavy atom. The molecule has 4 nitrogen and oxygen atoms in total. The number of hydrogen-bond donors (Lipinski definition) is 0. The van der Waals surface area contributed by atoms with Gasteiger partial charge in [0.05, 0.1) is 36.2 Å². The van der Waals surface area contributed by atoms with Crippen LogP contribution in [0.15, 0.2) is 24.3 Å². The second-order valence-corrected chi connectivity index (χ2v) is 18.5. The quantitative estimate of drug-likeness (QED) is 0.0491. The van der Waals surface area contributed by atoms with Gasteiger partial charge in [0.1, 0.15) is 0 Å². The topological polar surface area (TPSA) is 36.9 Å². The number of hydrogen-bond acceptors (Lipinski definition) is 6. The third-order valence-corrected chi connectivity index (χ3v) is 13.2. The molecule has 0 radical (unpaired) electrons. The molecule has 6 heteroatoms. The Hall–Kier alpha value is -2.18. The fraction of sp³-hybridized carbons (Fsp3) is 0.741. The van der Waals surface area contributed by atoms with E-state index in [1.54, 1.807) is 0 Å². The first-order valence-corrected chi connectivity index (χ1v) is 26.3. The highest BCUT2D eigenvalue weighted by Crippen LogP contribution is 2.45. The zero-order valence-corrected chi connectivity index (χ0v) is 40.8. The lowest BCUT2D eigenvalue weighted by atomic mass is 9.84. The third kappa shape index (κ3) is 20.8. The Balaban J connectivity index is 1.79. The highest BCUT2D eigenvalue weighted by molar-refractivity contribution is 7.90. The third-order valence-electron chi connectivity index (χ3n) is 12.2. The number of benzene rings is 2. The van der Waals surface area contributed by atoms with E-state index in [0.29, 0.717) is 36.2 Å². The summed E-state index contributed by atoms with van der Waals surface area (Å²) < 4.78 is 26.3. The van der Waals surface area contributed by atoms with Crippen molar-refractivity contribution in [3.05, 3.63) is 35.4 Å². The first kappa shape index (κ1) is 52.2. The van der Waals surface area contributed by atoms with Crippen molar-refractivity contribution in [1.29, 1.82) is 0 Å². The van der Waals surface area contributed by atoms with Crippen molar-refractivity contribution in [1.82, 2.24) is 0 Å². The molecule has 2 aromatic rings. The maximum atomic E-state index is 6.60. The van der Waals surface area contributed by atoms with Crippen LogP contribution < -0.4 is 18.9 Å². The van der Waals surface area contributed by atoms with E-state index in [2.05, 4.69) is 52.0 Å². The standard InChI is InChI=1S/C54H88O4S2/c1-5-9-13-17-21-25-29-33-37-55-49-41-45-46-42-50(56-38-34-30-26-22-18-14-10-6-2)52(58-40-36-32-28-24-20-16-12-8-4)44-48(46)54(60)53(59)47(45)43-51(49)57-39-35-31-27-23-19-15-11-7-3/h41-44H,5-40H2,1-4H3. The molecule has 0 saturated heterocycles. The lowest BCUT2D eigenvalue weighted by Crippen LogP contribution is -2.20. The van der Waals surface area contributed by atoms with Crippen LogP contribution in [0.25, 0.3) is 11.1 Å². The Morgan fingerprint density at radius 2 is 0.450 bits per heavy atom. The van der Waals surface area contributed by atoms with E-state index in [1.807, 2.05) is 0 Å². The molecule has 0 fully saturated rings. The molecule has 3 rings (SSSR count). The molecule has 0 bridgehead atoms. The number of fused-ring (bicyclic) bond motifs is 3. The molecule has 340 valence electrons. The van der Waals surface area contributed by atoms with Crippen LogP contribution in [0.5, 0.6) is 23.0 Å². The van der Waals surface area contributed by atoms with E-state index < -0.39 is 0 Å². The number of thiocarbonyl (C=S) groups is 2. The van der Waals surface area contributed by atoms with Crippen LogP contribution in [-0.4, -0.2) is 36.2 Å². The molecule has 0 aromatic heterocycles. The van der Waals surface area contributed by atoms with Crippen molar-refractivity contribution in [2.45, 2.75) is 233 Å². The summed E-state index contributed by atoms with van der Waals surface area (Å²) in [5.74, 6) is 3.16. The van der Waals surface area contributed by atoms with Crippen LogP contribution >= 0.6 is 24.4 Å². The summed E-state index contributed by atoms with van der Waals surface area (Å²) >= 11 is 12.3. The van der Waals surface area contributed by atoms with Crippen LogP contribution in [0, 0.1) is 0 Å². The molecule has 0 aliphatic heterocycles. The van der Waals surface area contributed by atoms with Gasteiger partial charge in [-0.25, -0.2) is 0 Å². The van der Waals surface area contributed by atoms with E-state index in [0.717, 1.165) is 70.9 Å². The average Bonchev–Trinajstić information content (AvgIpc) is 3.26. The minimum Gasteiger partial charge on any atom is -0.490 e. The van der Waals surface area contributed by atoms with Crippen LogP contribution in [0.3, 0.4) is 0 Å². The first-order valence-electron chi connectivity index (χ1n) is 25.5. The Bertz CT molecular complexity index is 1330. The lowest BCUT2D eigenvalue weighted by Gasteiger charge is -2.26. The van der Waals surface area contributed by atoms with Crippen LogP contribution in [0.1, 0.15) is 244 Å². The second-order valence-electron chi connectivity index (χ2n) is 17.6. The van der Waals surface area contributed by atoms with E-state index in [-0.39, 0.29) is 0 Å². The maximum absolute atomic E-state index is 6.60. The van der Waals surface area contributed by atoms with Gasteiger partial charge in [-0.3, -0.25) is 0 Å². The molecule has 0 saturated carbocycles. The lowest BCUT2D eigenvalue weighted by molar-refractivity contribution is 0.258. The van der Waals surface area contributed by atoms with E-state index in [4.69, 9.17) is 43.4 Å². The summed E-state index contributed by atoms with van der Waals surface area (Å²) in [6.45, 7) is 11.8. The van der Waals surface area contributed by atoms with Gasteiger partial charge in [0, 0.05) is 11.1 Å². The smallest absolute Gasteiger partial charge is 0.161 e. The van der Waals surface area contributed by atoms with Gasteiger partial charge >= 0.3 is 0 Å². The van der Waals surface area contributed by atoms with E-state index in [1.165, 1.54) is 180 Å². The van der Waals surface area contributed by atoms with Crippen molar-refractivity contribution in [2.24, 2.45) is 0 Å². The van der Waals surface area contributed by atoms with Crippen LogP contribution in [0.4, 0.5) is 0 Å². The Morgan fingerprint density at radius 1 is 0.267 bits per heavy atom. The predicted octanol–water partition coefficient (Wildman–Crippen LogP) is 17.9. The van der Waals surface area contributed by atoms with Gasteiger partial charge in [0.15, 0.2) is 23.0 Å². The molecule has 0 amide bonds. The van der Waals surface area contributed by atoms with Crippen molar-refractivity contribution < 1.29 is 18.9 Å². The molecule has 1 aliphatic rings. The summed E-state index contributed by atoms with van der Waals surface area (Å²) in [6, 6.07) is 8.54. The minimum absolute atomic E-state index is 0.673. The number of unbranched alkanes of at least 4 members (excludes halogenated alkanes) is 28. The normalized spacial score (nSPS) is 12.1. The Labute approximate surface area is 380 Å². The van der Waals surface area contributed by atoms with Gasteiger partial charge < -0.3 is 18.9 Å². The molecule has 0 spiro atoms.